The summed E-state index contributed by atoms with van der Waals surface area (Å²) in [4.78, 5) is 5.59. The Kier molecular flexibility index (Phi) is 6.82. The van der Waals surface area contributed by atoms with Crippen molar-refractivity contribution >= 4 is 28.3 Å². The summed E-state index contributed by atoms with van der Waals surface area (Å²) in [5.41, 5.74) is 3.62. The van der Waals surface area contributed by atoms with E-state index in [1.807, 2.05) is 41.8 Å². The van der Waals surface area contributed by atoms with Crippen molar-refractivity contribution in [3.05, 3.63) is 106 Å². The van der Waals surface area contributed by atoms with Crippen LogP contribution in [0.4, 0.5) is 0 Å². The molecule has 2 N–H and O–H groups in total. The molecule has 0 amide bonds. The largest absolute Gasteiger partial charge is 0.508 e. The molecule has 7 heteroatoms. The lowest BCUT2D eigenvalue weighted by Crippen LogP contribution is -2.13. The molecule has 0 fully saturated rings. The van der Waals surface area contributed by atoms with E-state index in [1.54, 1.807) is 24.1 Å². The van der Waals surface area contributed by atoms with Crippen LogP contribution in [0.15, 0.2) is 100 Å². The Morgan fingerprint density at radius 2 is 1.72 bits per heavy atom. The number of methoxy groups -OCH3 is 1. The predicted octanol–water partition coefficient (Wildman–Crippen LogP) is 5.82. The smallest absolute Gasteiger partial charge is 0.206 e. The molecule has 0 aliphatic heterocycles. The highest BCUT2D eigenvalue weighted by Gasteiger charge is 2.10. The van der Waals surface area contributed by atoms with Crippen LogP contribution in [0.5, 0.6) is 17.2 Å². The molecule has 1 heterocycles. The Morgan fingerprint density at radius 1 is 0.917 bits per heavy atom. The van der Waals surface area contributed by atoms with Gasteiger partial charge in [-0.2, -0.15) is 5.10 Å². The molecular formula is C29H25N3O3S. The van der Waals surface area contributed by atoms with Gasteiger partial charge in [0.1, 0.15) is 17.2 Å². The molecule has 0 spiro atoms. The van der Waals surface area contributed by atoms with Gasteiger partial charge >= 0.3 is 0 Å². The molecule has 5 aromatic rings. The average Bonchev–Trinajstić information content (AvgIpc) is 3.30. The maximum atomic E-state index is 10.2. The summed E-state index contributed by atoms with van der Waals surface area (Å²) in [6.45, 7) is 0.626. The Labute approximate surface area is 212 Å². The van der Waals surface area contributed by atoms with Crippen LogP contribution >= 0.6 is 11.3 Å². The summed E-state index contributed by atoms with van der Waals surface area (Å²) in [5, 5.41) is 28.7. The molecule has 180 valence electrons. The van der Waals surface area contributed by atoms with Gasteiger partial charge in [-0.05, 0) is 53.1 Å². The van der Waals surface area contributed by atoms with Crippen molar-refractivity contribution in [3.63, 3.8) is 0 Å². The highest BCUT2D eigenvalue weighted by molar-refractivity contribution is 7.07. The van der Waals surface area contributed by atoms with Gasteiger partial charge in [0.15, 0.2) is 0 Å². The van der Waals surface area contributed by atoms with Gasteiger partial charge in [-0.1, -0.05) is 48.5 Å². The van der Waals surface area contributed by atoms with E-state index in [0.717, 1.165) is 39.0 Å². The molecule has 36 heavy (non-hydrogen) atoms. The second kappa shape index (κ2) is 10.5. The van der Waals surface area contributed by atoms with Crippen molar-refractivity contribution < 1.29 is 14.9 Å². The lowest BCUT2D eigenvalue weighted by Gasteiger charge is -2.07. The first-order valence-electron chi connectivity index (χ1n) is 11.5. The fourth-order valence-electron chi connectivity index (χ4n) is 3.91. The second-order valence-corrected chi connectivity index (χ2v) is 9.08. The maximum Gasteiger partial charge on any atom is 0.206 e. The van der Waals surface area contributed by atoms with Crippen molar-refractivity contribution in [1.82, 2.24) is 4.68 Å². The van der Waals surface area contributed by atoms with Gasteiger partial charge in [-0.15, -0.1) is 11.3 Å². The van der Waals surface area contributed by atoms with E-state index in [4.69, 9.17) is 9.73 Å². The third-order valence-corrected chi connectivity index (χ3v) is 6.70. The number of aromatic nitrogens is 1. The summed E-state index contributed by atoms with van der Waals surface area (Å²) in [6, 6.07) is 26.9. The van der Waals surface area contributed by atoms with Crippen molar-refractivity contribution in [1.29, 1.82) is 0 Å². The molecule has 0 bridgehead atoms. The predicted molar refractivity (Wildman–Crippen MR) is 145 cm³/mol. The molecule has 0 aliphatic rings. The number of phenolic OH excluding ortho intramolecular Hbond substituents is 2. The number of hydrogen-bond donors (Lipinski definition) is 2. The zero-order valence-electron chi connectivity index (χ0n) is 19.7. The number of phenols is 2. The molecule has 0 atom stereocenters. The van der Waals surface area contributed by atoms with Crippen LogP contribution in [0.3, 0.4) is 0 Å². The van der Waals surface area contributed by atoms with E-state index in [9.17, 15) is 10.2 Å². The molecule has 0 saturated heterocycles. The molecule has 0 unspecified atom stereocenters. The van der Waals surface area contributed by atoms with Crippen LogP contribution in [-0.4, -0.2) is 34.8 Å². The number of nitrogens with zero attached hydrogens (tertiary/aromatic N) is 3. The Bertz CT molecular complexity index is 1600. The van der Waals surface area contributed by atoms with Gasteiger partial charge in [0, 0.05) is 29.1 Å². The minimum absolute atomic E-state index is 0.00193. The molecule has 1 aromatic heterocycles. The molecule has 0 radical (unpaired) electrons. The highest BCUT2D eigenvalue weighted by Crippen LogP contribution is 2.28. The van der Waals surface area contributed by atoms with Crippen LogP contribution in [0.2, 0.25) is 0 Å². The third kappa shape index (κ3) is 5.16. The van der Waals surface area contributed by atoms with Gasteiger partial charge in [-0.25, -0.2) is 4.68 Å². The van der Waals surface area contributed by atoms with E-state index in [1.165, 1.54) is 29.0 Å². The topological polar surface area (TPSA) is 79.3 Å². The van der Waals surface area contributed by atoms with Gasteiger partial charge in [0.05, 0.1) is 19.0 Å². The quantitative estimate of drug-likeness (QED) is 0.280. The van der Waals surface area contributed by atoms with Crippen LogP contribution in [0.25, 0.3) is 22.0 Å². The molecule has 5 rings (SSSR count). The highest BCUT2D eigenvalue weighted by atomic mass is 32.1. The normalized spacial score (nSPS) is 12.0. The van der Waals surface area contributed by atoms with E-state index < -0.39 is 0 Å². The lowest BCUT2D eigenvalue weighted by molar-refractivity contribution is 0.415. The van der Waals surface area contributed by atoms with E-state index in [-0.39, 0.29) is 11.5 Å². The van der Waals surface area contributed by atoms with Crippen molar-refractivity contribution in [2.45, 2.75) is 6.42 Å². The van der Waals surface area contributed by atoms with E-state index >= 15 is 0 Å². The fourth-order valence-corrected chi connectivity index (χ4v) is 4.78. The summed E-state index contributed by atoms with van der Waals surface area (Å²) >= 11 is 1.52. The van der Waals surface area contributed by atoms with Crippen LogP contribution in [0, 0.1) is 0 Å². The minimum Gasteiger partial charge on any atom is -0.508 e. The van der Waals surface area contributed by atoms with E-state index in [2.05, 4.69) is 35.4 Å². The van der Waals surface area contributed by atoms with Crippen LogP contribution < -0.4 is 9.54 Å². The number of rotatable bonds is 7. The van der Waals surface area contributed by atoms with Crippen LogP contribution in [0.1, 0.15) is 11.1 Å². The van der Waals surface area contributed by atoms with Gasteiger partial charge in [0.2, 0.25) is 4.80 Å². The van der Waals surface area contributed by atoms with Gasteiger partial charge in [-0.3, -0.25) is 4.99 Å². The monoisotopic (exact) mass is 495 g/mol. The second-order valence-electron chi connectivity index (χ2n) is 8.25. The van der Waals surface area contributed by atoms with Crippen molar-refractivity contribution in [2.24, 2.45) is 10.1 Å². The van der Waals surface area contributed by atoms with Gasteiger partial charge in [0.25, 0.3) is 0 Å². The first-order chi connectivity index (χ1) is 17.6. The minimum atomic E-state index is -0.0432. The SMILES string of the molecule is COc1ccc2cc(-c3csc(=NCCc4ccccc4)n3N=Cc3ccc(O)cc3O)ccc2c1. The summed E-state index contributed by atoms with van der Waals surface area (Å²) < 4.78 is 7.15. The summed E-state index contributed by atoms with van der Waals surface area (Å²) in [5.74, 6) is 0.773. The molecule has 0 saturated carbocycles. The Hall–Kier alpha value is -4.36. The average molecular weight is 496 g/mol. The lowest BCUT2D eigenvalue weighted by atomic mass is 10.1. The Balaban J connectivity index is 1.54. The molecule has 6 nitrogen and oxygen atoms in total. The summed E-state index contributed by atoms with van der Waals surface area (Å²) in [7, 11) is 1.66. The summed E-state index contributed by atoms with van der Waals surface area (Å²) in [6.07, 6.45) is 2.40. The number of thiazole rings is 1. The van der Waals surface area contributed by atoms with E-state index in [0.29, 0.717) is 12.1 Å². The van der Waals surface area contributed by atoms with Crippen molar-refractivity contribution in [3.8, 4) is 28.5 Å². The molecular weight excluding hydrogens is 470 g/mol. The zero-order valence-corrected chi connectivity index (χ0v) is 20.5. The molecule has 0 aliphatic carbocycles. The zero-order chi connectivity index (χ0) is 24.9. The maximum absolute atomic E-state index is 10.2. The third-order valence-electron chi connectivity index (χ3n) is 5.85. The first kappa shape index (κ1) is 23.4. The van der Waals surface area contributed by atoms with Crippen LogP contribution in [-0.2, 0) is 6.42 Å². The number of hydrogen-bond acceptors (Lipinski definition) is 6. The van der Waals surface area contributed by atoms with Gasteiger partial charge < -0.3 is 14.9 Å². The molecule has 4 aromatic carbocycles. The fraction of sp³-hybridized carbons (Fsp3) is 0.103. The van der Waals surface area contributed by atoms with Crippen molar-refractivity contribution in [2.75, 3.05) is 13.7 Å². The Morgan fingerprint density at radius 3 is 2.53 bits per heavy atom. The number of benzene rings is 4. The number of fused-ring (bicyclic) bond motifs is 1. The standard InChI is InChI=1S/C29H25N3O3S/c1-35-26-12-10-21-15-23(8-7-22(21)16-26)27-19-36-29(30-14-13-20-5-3-2-4-6-20)32(27)31-18-24-9-11-25(33)17-28(24)34/h2-12,15-19,33-34H,13-14H2,1H3. The number of aromatic hydroxyl groups is 2. The first-order valence-corrected chi connectivity index (χ1v) is 12.4. The number of ether oxygens (including phenoxy) is 1.